The Hall–Kier alpha value is -3.85. The first-order valence-electron chi connectivity index (χ1n) is 9.39. The SMILES string of the molecule is Cc1ccc2c(COC(=O)C(C#N)=Cc3ccc(N(C)C)cc3)cc(=O)oc2c1C. The summed E-state index contributed by atoms with van der Waals surface area (Å²) in [7, 11) is 3.86. The fraction of sp³-hybridized carbons (Fsp3) is 0.208. The summed E-state index contributed by atoms with van der Waals surface area (Å²) in [4.78, 5) is 26.3. The molecule has 0 aliphatic carbocycles. The molecule has 0 amide bonds. The van der Waals surface area contributed by atoms with E-state index in [1.807, 2.05) is 75.3 Å². The van der Waals surface area contributed by atoms with Crippen LogP contribution in [0.2, 0.25) is 0 Å². The van der Waals surface area contributed by atoms with Crippen molar-refractivity contribution in [2.45, 2.75) is 20.5 Å². The largest absolute Gasteiger partial charge is 0.457 e. The zero-order chi connectivity index (χ0) is 21.8. The van der Waals surface area contributed by atoms with Crippen molar-refractivity contribution in [3.8, 4) is 6.07 Å². The van der Waals surface area contributed by atoms with Crippen LogP contribution < -0.4 is 10.5 Å². The average molecular weight is 402 g/mol. The molecule has 6 heteroatoms. The topological polar surface area (TPSA) is 83.5 Å². The molecule has 30 heavy (non-hydrogen) atoms. The molecule has 0 N–H and O–H groups in total. The van der Waals surface area contributed by atoms with Crippen molar-refractivity contribution in [1.82, 2.24) is 0 Å². The molecule has 1 aromatic heterocycles. The second-order valence-electron chi connectivity index (χ2n) is 7.21. The molecule has 3 rings (SSSR count). The number of rotatable bonds is 5. The average Bonchev–Trinajstić information content (AvgIpc) is 2.73. The Labute approximate surface area is 174 Å². The standard InChI is InChI=1S/C24H22N2O4/c1-15-5-10-21-19(12-22(27)30-23(21)16(15)2)14-29-24(28)18(13-25)11-17-6-8-20(9-7-17)26(3)4/h5-12H,14H2,1-4H3. The third-order valence-corrected chi connectivity index (χ3v) is 4.94. The van der Waals surface area contributed by atoms with Crippen LogP contribution in [0, 0.1) is 25.2 Å². The number of esters is 1. The molecule has 152 valence electrons. The number of hydrogen-bond donors (Lipinski definition) is 0. The summed E-state index contributed by atoms with van der Waals surface area (Å²) in [6, 6.07) is 14.4. The van der Waals surface area contributed by atoms with Crippen LogP contribution in [0.15, 0.2) is 57.2 Å². The number of aryl methyl sites for hydroxylation is 2. The molecular weight excluding hydrogens is 380 g/mol. The zero-order valence-corrected chi connectivity index (χ0v) is 17.4. The number of fused-ring (bicyclic) bond motifs is 1. The summed E-state index contributed by atoms with van der Waals surface area (Å²) in [5.74, 6) is -0.751. The van der Waals surface area contributed by atoms with E-state index in [-0.39, 0.29) is 12.2 Å². The molecule has 0 saturated heterocycles. The van der Waals surface area contributed by atoms with Crippen molar-refractivity contribution in [2.24, 2.45) is 0 Å². The van der Waals surface area contributed by atoms with Crippen LogP contribution in [0.3, 0.4) is 0 Å². The molecule has 0 atom stereocenters. The second kappa shape index (κ2) is 8.66. The van der Waals surface area contributed by atoms with Crippen LogP contribution in [0.1, 0.15) is 22.3 Å². The highest BCUT2D eigenvalue weighted by atomic mass is 16.5. The van der Waals surface area contributed by atoms with Gasteiger partial charge in [0, 0.05) is 36.8 Å². The number of anilines is 1. The molecule has 0 saturated carbocycles. The van der Waals surface area contributed by atoms with Gasteiger partial charge in [-0.15, -0.1) is 0 Å². The first-order valence-corrected chi connectivity index (χ1v) is 9.39. The van der Waals surface area contributed by atoms with Crippen molar-refractivity contribution >= 4 is 28.7 Å². The summed E-state index contributed by atoms with van der Waals surface area (Å²) in [6.07, 6.45) is 1.48. The molecule has 0 radical (unpaired) electrons. The van der Waals surface area contributed by atoms with Crippen molar-refractivity contribution in [1.29, 1.82) is 5.26 Å². The minimum Gasteiger partial charge on any atom is -0.457 e. The predicted octanol–water partition coefficient (Wildman–Crippen LogP) is 4.13. The van der Waals surface area contributed by atoms with Gasteiger partial charge in [-0.25, -0.2) is 9.59 Å². The van der Waals surface area contributed by atoms with E-state index >= 15 is 0 Å². The number of carbonyl (C=O) groups excluding carboxylic acids is 1. The van der Waals surface area contributed by atoms with Gasteiger partial charge in [-0.3, -0.25) is 0 Å². The Morgan fingerprint density at radius 1 is 1.17 bits per heavy atom. The first-order chi connectivity index (χ1) is 14.3. The van der Waals surface area contributed by atoms with Crippen LogP contribution in [0.25, 0.3) is 17.0 Å². The maximum Gasteiger partial charge on any atom is 0.349 e. The highest BCUT2D eigenvalue weighted by molar-refractivity contribution is 5.98. The summed E-state index contributed by atoms with van der Waals surface area (Å²) >= 11 is 0. The fourth-order valence-corrected chi connectivity index (χ4v) is 3.04. The number of ether oxygens (including phenoxy) is 1. The molecule has 0 spiro atoms. The van der Waals surface area contributed by atoms with Gasteiger partial charge < -0.3 is 14.1 Å². The maximum absolute atomic E-state index is 12.4. The molecule has 1 heterocycles. The van der Waals surface area contributed by atoms with Gasteiger partial charge in [0.05, 0.1) is 0 Å². The van der Waals surface area contributed by atoms with Crippen LogP contribution >= 0.6 is 0 Å². The molecule has 6 nitrogen and oxygen atoms in total. The highest BCUT2D eigenvalue weighted by Crippen LogP contribution is 2.24. The summed E-state index contributed by atoms with van der Waals surface area (Å²) < 4.78 is 10.7. The van der Waals surface area contributed by atoms with Crippen LogP contribution in [-0.2, 0) is 16.1 Å². The summed E-state index contributed by atoms with van der Waals surface area (Å²) in [5.41, 5.74) is 3.95. The Morgan fingerprint density at radius 3 is 2.50 bits per heavy atom. The van der Waals surface area contributed by atoms with E-state index < -0.39 is 11.6 Å². The van der Waals surface area contributed by atoms with Gasteiger partial charge in [-0.1, -0.05) is 24.3 Å². The summed E-state index contributed by atoms with van der Waals surface area (Å²) in [5, 5.41) is 10.1. The second-order valence-corrected chi connectivity index (χ2v) is 7.21. The number of nitrogens with zero attached hydrogens (tertiary/aromatic N) is 2. The quantitative estimate of drug-likeness (QED) is 0.276. The van der Waals surface area contributed by atoms with Crippen molar-refractivity contribution < 1.29 is 13.9 Å². The predicted molar refractivity (Wildman–Crippen MR) is 116 cm³/mol. The van der Waals surface area contributed by atoms with E-state index in [0.29, 0.717) is 22.1 Å². The zero-order valence-electron chi connectivity index (χ0n) is 17.4. The number of hydrogen-bond acceptors (Lipinski definition) is 6. The third-order valence-electron chi connectivity index (χ3n) is 4.94. The van der Waals surface area contributed by atoms with Gasteiger partial charge in [-0.05, 0) is 48.7 Å². The molecule has 0 bridgehead atoms. The maximum atomic E-state index is 12.4. The lowest BCUT2D eigenvalue weighted by Crippen LogP contribution is -2.09. The van der Waals surface area contributed by atoms with Crippen LogP contribution in [-0.4, -0.2) is 20.1 Å². The molecule has 3 aromatic rings. The molecule has 0 aliphatic heterocycles. The van der Waals surface area contributed by atoms with E-state index in [4.69, 9.17) is 9.15 Å². The Kier molecular flexibility index (Phi) is 6.03. The van der Waals surface area contributed by atoms with E-state index in [2.05, 4.69) is 0 Å². The number of carbonyl (C=O) groups is 1. The lowest BCUT2D eigenvalue weighted by atomic mass is 10.0. The van der Waals surface area contributed by atoms with E-state index in [1.165, 1.54) is 12.1 Å². The molecule has 0 unspecified atom stereocenters. The summed E-state index contributed by atoms with van der Waals surface area (Å²) in [6.45, 7) is 3.66. The van der Waals surface area contributed by atoms with Gasteiger partial charge in [-0.2, -0.15) is 5.26 Å². The van der Waals surface area contributed by atoms with E-state index in [1.54, 1.807) is 0 Å². The number of nitriles is 1. The van der Waals surface area contributed by atoms with E-state index in [0.717, 1.165) is 16.8 Å². The normalized spacial score (nSPS) is 11.2. The van der Waals surface area contributed by atoms with Crippen LogP contribution in [0.4, 0.5) is 5.69 Å². The highest BCUT2D eigenvalue weighted by Gasteiger charge is 2.14. The van der Waals surface area contributed by atoms with Crippen molar-refractivity contribution in [3.05, 3.63) is 80.7 Å². The van der Waals surface area contributed by atoms with Crippen LogP contribution in [0.5, 0.6) is 0 Å². The Balaban J connectivity index is 1.83. The Morgan fingerprint density at radius 2 is 1.87 bits per heavy atom. The smallest absolute Gasteiger partial charge is 0.349 e. The molecule has 0 aliphatic rings. The van der Waals surface area contributed by atoms with Gasteiger partial charge >= 0.3 is 11.6 Å². The van der Waals surface area contributed by atoms with Gasteiger partial charge in [0.15, 0.2) is 0 Å². The van der Waals surface area contributed by atoms with E-state index in [9.17, 15) is 14.9 Å². The van der Waals surface area contributed by atoms with Crippen molar-refractivity contribution in [3.63, 3.8) is 0 Å². The lowest BCUT2D eigenvalue weighted by Gasteiger charge is -2.12. The molecule has 2 aromatic carbocycles. The molecular formula is C24H22N2O4. The van der Waals surface area contributed by atoms with Gasteiger partial charge in [0.25, 0.3) is 0 Å². The number of benzene rings is 2. The minimum atomic E-state index is -0.751. The third kappa shape index (κ3) is 4.41. The lowest BCUT2D eigenvalue weighted by molar-refractivity contribution is -0.139. The van der Waals surface area contributed by atoms with Gasteiger partial charge in [0.1, 0.15) is 23.8 Å². The fourth-order valence-electron chi connectivity index (χ4n) is 3.04. The molecule has 0 fully saturated rings. The Bertz CT molecular complexity index is 1230. The monoisotopic (exact) mass is 402 g/mol. The minimum absolute atomic E-state index is 0.119. The van der Waals surface area contributed by atoms with Crippen molar-refractivity contribution in [2.75, 3.05) is 19.0 Å². The first kappa shape index (κ1) is 20.9. The van der Waals surface area contributed by atoms with Gasteiger partial charge in [0.2, 0.25) is 0 Å².